The van der Waals surface area contributed by atoms with Crippen LogP contribution in [0.25, 0.3) is 0 Å². The molecule has 0 radical (unpaired) electrons. The summed E-state index contributed by atoms with van der Waals surface area (Å²) in [6.45, 7) is 16.7. The molecule has 1 unspecified atom stereocenters. The van der Waals surface area contributed by atoms with Gasteiger partial charge < -0.3 is 16.8 Å². The Labute approximate surface area is 129 Å². The fourth-order valence-electron chi connectivity index (χ4n) is 0.707. The lowest BCUT2D eigenvalue weighted by Gasteiger charge is -2.22. The zero-order valence-corrected chi connectivity index (χ0v) is 15.6. The van der Waals surface area contributed by atoms with Gasteiger partial charge in [0, 0.05) is 6.04 Å². The molecule has 3 nitrogen and oxygen atoms in total. The third-order valence-corrected chi connectivity index (χ3v) is 3.18. The Kier molecular flexibility index (Phi) is 21.1. The van der Waals surface area contributed by atoms with Crippen LogP contribution in [0.1, 0.15) is 74.1 Å². The first-order valence-electron chi connectivity index (χ1n) is 8.39. The number of nitrogens with one attached hydrogen (secondary N) is 1. The van der Waals surface area contributed by atoms with Crippen LogP contribution < -0.4 is 16.8 Å². The summed E-state index contributed by atoms with van der Waals surface area (Å²) >= 11 is 0. The van der Waals surface area contributed by atoms with E-state index in [1.54, 1.807) is 0 Å². The molecule has 1 rings (SSSR count). The van der Waals surface area contributed by atoms with E-state index in [0.29, 0.717) is 6.04 Å². The molecule has 1 fully saturated rings. The molecule has 0 saturated heterocycles. The summed E-state index contributed by atoms with van der Waals surface area (Å²) in [5, 5.41) is 3.07. The minimum Gasteiger partial charge on any atom is -0.330 e. The normalized spacial score (nSPS) is 14.7. The maximum Gasteiger partial charge on any atom is 0.00591 e. The first-order chi connectivity index (χ1) is 9.29. The first kappa shape index (κ1) is 24.9. The van der Waals surface area contributed by atoms with Crippen molar-refractivity contribution in [1.29, 1.82) is 0 Å². The van der Waals surface area contributed by atoms with Crippen molar-refractivity contribution in [3.63, 3.8) is 0 Å². The first-order valence-corrected chi connectivity index (χ1v) is 8.39. The molecule has 0 heterocycles. The van der Waals surface area contributed by atoms with Crippen molar-refractivity contribution in [2.45, 2.75) is 80.2 Å². The number of rotatable bonds is 4. The summed E-state index contributed by atoms with van der Waals surface area (Å²) in [4.78, 5) is 0. The van der Waals surface area contributed by atoms with Gasteiger partial charge in [-0.25, -0.2) is 0 Å². The Morgan fingerprint density at radius 2 is 1.60 bits per heavy atom. The van der Waals surface area contributed by atoms with Gasteiger partial charge >= 0.3 is 0 Å². The second kappa shape index (κ2) is 16.9. The average molecular weight is 290 g/mol. The lowest BCUT2D eigenvalue weighted by molar-refractivity contribution is 0.340. The van der Waals surface area contributed by atoms with E-state index in [9.17, 15) is 0 Å². The molecule has 1 aliphatic rings. The largest absolute Gasteiger partial charge is 0.330 e. The topological polar surface area (TPSA) is 64.1 Å². The van der Waals surface area contributed by atoms with E-state index in [0.717, 1.165) is 19.0 Å². The molecule has 0 bridgehead atoms. The van der Waals surface area contributed by atoms with Gasteiger partial charge in [0.1, 0.15) is 0 Å². The van der Waals surface area contributed by atoms with Gasteiger partial charge in [0.15, 0.2) is 0 Å². The second-order valence-electron chi connectivity index (χ2n) is 6.29. The molecule has 1 aliphatic carbocycles. The minimum atomic E-state index is 0.278. The van der Waals surface area contributed by atoms with Crippen LogP contribution in [-0.2, 0) is 0 Å². The van der Waals surface area contributed by atoms with Crippen LogP contribution in [0.3, 0.4) is 0 Å². The summed E-state index contributed by atoms with van der Waals surface area (Å²) in [5.41, 5.74) is 11.1. The highest BCUT2D eigenvalue weighted by Gasteiger charge is 2.17. The molecule has 3 heteroatoms. The predicted octanol–water partition coefficient (Wildman–Crippen LogP) is 3.77. The molecule has 1 saturated carbocycles. The van der Waals surface area contributed by atoms with Gasteiger partial charge in [-0.05, 0) is 57.7 Å². The summed E-state index contributed by atoms with van der Waals surface area (Å²) in [7, 11) is 1.98. The molecule has 5 N–H and O–H groups in total. The van der Waals surface area contributed by atoms with Crippen molar-refractivity contribution in [1.82, 2.24) is 5.32 Å². The number of hydrogen-bond acceptors (Lipinski definition) is 3. The maximum absolute atomic E-state index is 5.57. The van der Waals surface area contributed by atoms with Crippen molar-refractivity contribution >= 4 is 0 Å². The highest BCUT2D eigenvalue weighted by Crippen LogP contribution is 2.26. The van der Waals surface area contributed by atoms with Crippen LogP contribution in [-0.4, -0.2) is 26.2 Å². The summed E-state index contributed by atoms with van der Waals surface area (Å²) < 4.78 is 0. The molecule has 20 heavy (non-hydrogen) atoms. The lowest BCUT2D eigenvalue weighted by atomic mass is 9.89. The van der Waals surface area contributed by atoms with E-state index in [1.165, 1.54) is 25.7 Å². The van der Waals surface area contributed by atoms with Gasteiger partial charge in [0.2, 0.25) is 0 Å². The molecule has 0 spiro atoms. The predicted molar refractivity (Wildman–Crippen MR) is 95.1 cm³/mol. The Morgan fingerprint density at radius 3 is 1.65 bits per heavy atom. The Hall–Kier alpha value is -0.120. The Morgan fingerprint density at radius 1 is 1.20 bits per heavy atom. The lowest BCUT2D eigenvalue weighted by Crippen LogP contribution is -2.31. The smallest absolute Gasteiger partial charge is 0.00591 e. The van der Waals surface area contributed by atoms with E-state index in [-0.39, 0.29) is 5.41 Å². The number of nitrogens with two attached hydrogens (primary N) is 2. The zero-order chi connectivity index (χ0) is 16.6. The zero-order valence-electron chi connectivity index (χ0n) is 15.6. The molecule has 0 aliphatic heterocycles. The summed E-state index contributed by atoms with van der Waals surface area (Å²) in [6.07, 6.45) is 5.37. The molecular weight excluding hydrogens is 246 g/mol. The number of unbranched alkanes of at least 4 members (excludes halogenated alkanes) is 1. The van der Waals surface area contributed by atoms with Crippen molar-refractivity contribution in [3.8, 4) is 0 Å². The molecule has 0 amide bonds. The van der Waals surface area contributed by atoms with Gasteiger partial charge in [-0.3, -0.25) is 0 Å². The van der Waals surface area contributed by atoms with Crippen LogP contribution in [0.5, 0.6) is 0 Å². The third-order valence-electron chi connectivity index (χ3n) is 3.18. The highest BCUT2D eigenvalue weighted by molar-refractivity contribution is 4.72. The SMILES string of the molecule is CC.CC(N)C(C)(C)C.CCCCNC.NCC1CC1. The van der Waals surface area contributed by atoms with Gasteiger partial charge in [-0.2, -0.15) is 0 Å². The standard InChI is InChI=1S/C6H15N.C5H13N.C4H9N.C2H6/c1-5(7)6(2,3)4;1-3-4-5-6-2;5-3-4-1-2-4;1-2/h5H,7H2,1-4H3;6H,3-5H2,1-2H3;4H,1-3,5H2;1-2H3. The van der Waals surface area contributed by atoms with Gasteiger partial charge in [0.25, 0.3) is 0 Å². The monoisotopic (exact) mass is 289 g/mol. The molecule has 0 aromatic rings. The van der Waals surface area contributed by atoms with Crippen LogP contribution in [0, 0.1) is 11.3 Å². The molecule has 1 atom stereocenters. The number of hydrogen-bond donors (Lipinski definition) is 3. The fraction of sp³-hybridized carbons (Fsp3) is 1.00. The van der Waals surface area contributed by atoms with Crippen molar-refractivity contribution in [2.24, 2.45) is 22.8 Å². The van der Waals surface area contributed by atoms with E-state index in [4.69, 9.17) is 11.5 Å². The van der Waals surface area contributed by atoms with Crippen molar-refractivity contribution in [2.75, 3.05) is 20.1 Å². The quantitative estimate of drug-likeness (QED) is 0.690. The van der Waals surface area contributed by atoms with Gasteiger partial charge in [0.05, 0.1) is 0 Å². The molecule has 0 aromatic carbocycles. The van der Waals surface area contributed by atoms with Crippen molar-refractivity contribution < 1.29 is 0 Å². The maximum atomic E-state index is 5.57. The van der Waals surface area contributed by atoms with E-state index >= 15 is 0 Å². The van der Waals surface area contributed by atoms with E-state index in [2.05, 4.69) is 33.0 Å². The fourth-order valence-corrected chi connectivity index (χ4v) is 0.707. The molecule has 126 valence electrons. The van der Waals surface area contributed by atoms with E-state index in [1.807, 2.05) is 27.8 Å². The Balaban J connectivity index is -0.000000205. The minimum absolute atomic E-state index is 0.278. The molecule has 0 aromatic heterocycles. The van der Waals surface area contributed by atoms with Crippen LogP contribution in [0.4, 0.5) is 0 Å². The average Bonchev–Trinajstić information content (AvgIpc) is 3.23. The van der Waals surface area contributed by atoms with Gasteiger partial charge in [-0.1, -0.05) is 48.0 Å². The van der Waals surface area contributed by atoms with Crippen LogP contribution in [0.15, 0.2) is 0 Å². The highest BCUT2D eigenvalue weighted by atomic mass is 14.8. The van der Waals surface area contributed by atoms with Crippen LogP contribution >= 0.6 is 0 Å². The van der Waals surface area contributed by atoms with Crippen LogP contribution in [0.2, 0.25) is 0 Å². The molecular formula is C17H43N3. The second-order valence-corrected chi connectivity index (χ2v) is 6.29. The summed E-state index contributed by atoms with van der Waals surface area (Å²) in [5.74, 6) is 0.912. The third kappa shape index (κ3) is 26.4. The Bertz CT molecular complexity index is 154. The van der Waals surface area contributed by atoms with Gasteiger partial charge in [-0.15, -0.1) is 0 Å². The van der Waals surface area contributed by atoms with Crippen molar-refractivity contribution in [3.05, 3.63) is 0 Å². The van der Waals surface area contributed by atoms with E-state index < -0.39 is 0 Å². The summed E-state index contributed by atoms with van der Waals surface area (Å²) in [6, 6.07) is 0.299.